The molecule has 0 unspecified atom stereocenters. The number of carbonyl (C=O) groups excluding carboxylic acids is 1. The van der Waals surface area contributed by atoms with Crippen molar-refractivity contribution in [3.8, 4) is 0 Å². The molecular weight excluding hydrogens is 421 g/mol. The van der Waals surface area contributed by atoms with Crippen molar-refractivity contribution >= 4 is 35.2 Å². The van der Waals surface area contributed by atoms with Crippen molar-refractivity contribution in [1.82, 2.24) is 14.9 Å². The van der Waals surface area contributed by atoms with E-state index in [-0.39, 0.29) is 42.6 Å². The quantitative estimate of drug-likeness (QED) is 0.607. The van der Waals surface area contributed by atoms with Gasteiger partial charge in [0.2, 0.25) is 0 Å². The Morgan fingerprint density at radius 2 is 1.94 bits per heavy atom. The first-order valence-electron chi connectivity index (χ1n) is 10.2. The molecule has 31 heavy (non-hydrogen) atoms. The third-order valence-electron chi connectivity index (χ3n) is 6.00. The highest BCUT2D eigenvalue weighted by molar-refractivity contribution is 5.92. The van der Waals surface area contributed by atoms with Crippen LogP contribution in [0.25, 0.3) is 10.9 Å². The van der Waals surface area contributed by atoms with E-state index >= 15 is 0 Å². The number of aliphatic carboxylic acids is 1. The van der Waals surface area contributed by atoms with Gasteiger partial charge in [-0.05, 0) is 74.4 Å². The van der Waals surface area contributed by atoms with Gasteiger partial charge in [-0.1, -0.05) is 6.07 Å². The number of nitrogens with one attached hydrogen (secondary N) is 1. The lowest BCUT2D eigenvalue weighted by atomic mass is 9.80. The number of halogens is 2. The number of amides is 1. The first kappa shape index (κ1) is 22.7. The second kappa shape index (κ2) is 9.47. The number of benzene rings is 1. The Morgan fingerprint density at radius 3 is 2.58 bits per heavy atom. The van der Waals surface area contributed by atoms with Crippen molar-refractivity contribution in [3.05, 3.63) is 65.4 Å². The fourth-order valence-corrected chi connectivity index (χ4v) is 4.62. The number of pyridine rings is 1. The van der Waals surface area contributed by atoms with E-state index in [1.165, 1.54) is 12.1 Å². The minimum Gasteiger partial charge on any atom is -0.480 e. The summed E-state index contributed by atoms with van der Waals surface area (Å²) in [5, 5.41) is 13.1. The van der Waals surface area contributed by atoms with E-state index in [9.17, 15) is 19.1 Å². The summed E-state index contributed by atoms with van der Waals surface area (Å²) in [6.07, 6.45) is 4.90. The minimum atomic E-state index is -0.924. The highest BCUT2D eigenvalue weighted by atomic mass is 35.5. The van der Waals surface area contributed by atoms with Crippen LogP contribution in [0.2, 0.25) is 0 Å². The molecule has 3 aromatic rings. The van der Waals surface area contributed by atoms with Crippen LogP contribution in [0.15, 0.2) is 42.6 Å². The second-order valence-corrected chi connectivity index (χ2v) is 7.88. The van der Waals surface area contributed by atoms with E-state index in [1.54, 1.807) is 35.0 Å². The molecule has 1 aliphatic rings. The monoisotopic (exact) mass is 445 g/mol. The first-order valence-corrected chi connectivity index (χ1v) is 10.2. The molecule has 1 saturated carbocycles. The standard InChI is InChI=1S/C23H24FN3O3.ClH/c1-14-22(18-12-16(24)7-10-20(18)27(14)13-21(28)29)15-5-8-17(9-6-15)26-23(30)19-4-2-3-11-25-19;/h2-4,7,10-12,15,17H,5-6,8-9,13H2,1H3,(H,26,30)(H,28,29);1H. The average molecular weight is 446 g/mol. The van der Waals surface area contributed by atoms with Gasteiger partial charge in [-0.15, -0.1) is 12.4 Å². The molecule has 1 aliphatic carbocycles. The zero-order valence-corrected chi connectivity index (χ0v) is 18.0. The van der Waals surface area contributed by atoms with Gasteiger partial charge in [0.25, 0.3) is 5.91 Å². The van der Waals surface area contributed by atoms with Gasteiger partial charge < -0.3 is 15.0 Å². The Hall–Kier alpha value is -2.93. The van der Waals surface area contributed by atoms with Crippen LogP contribution in [-0.2, 0) is 11.3 Å². The average Bonchev–Trinajstić information content (AvgIpc) is 2.99. The van der Waals surface area contributed by atoms with Crippen LogP contribution < -0.4 is 5.32 Å². The molecule has 6 nitrogen and oxygen atoms in total. The van der Waals surface area contributed by atoms with Crippen LogP contribution >= 0.6 is 12.4 Å². The molecular formula is C23H25ClFN3O3. The summed E-state index contributed by atoms with van der Waals surface area (Å²) in [6, 6.07) is 9.85. The third-order valence-corrected chi connectivity index (χ3v) is 6.00. The van der Waals surface area contributed by atoms with Crippen LogP contribution in [-0.4, -0.2) is 32.6 Å². The largest absolute Gasteiger partial charge is 0.480 e. The Balaban J connectivity index is 0.00000272. The van der Waals surface area contributed by atoms with Gasteiger partial charge in [0, 0.05) is 28.8 Å². The van der Waals surface area contributed by atoms with E-state index in [0.29, 0.717) is 5.69 Å². The van der Waals surface area contributed by atoms with Gasteiger partial charge in [-0.25, -0.2) is 4.39 Å². The lowest BCUT2D eigenvalue weighted by molar-refractivity contribution is -0.137. The lowest BCUT2D eigenvalue weighted by Gasteiger charge is -2.29. The maximum atomic E-state index is 14.0. The number of hydrogen-bond acceptors (Lipinski definition) is 3. The van der Waals surface area contributed by atoms with E-state index in [4.69, 9.17) is 0 Å². The van der Waals surface area contributed by atoms with Crippen molar-refractivity contribution in [2.45, 2.75) is 51.1 Å². The maximum Gasteiger partial charge on any atom is 0.323 e. The summed E-state index contributed by atoms with van der Waals surface area (Å²) < 4.78 is 15.7. The molecule has 1 fully saturated rings. The molecule has 2 heterocycles. The van der Waals surface area contributed by atoms with Gasteiger partial charge in [0.15, 0.2) is 0 Å². The zero-order chi connectivity index (χ0) is 21.3. The molecule has 1 aromatic carbocycles. The molecule has 2 aromatic heterocycles. The molecule has 8 heteroatoms. The molecule has 0 saturated heterocycles. The smallest absolute Gasteiger partial charge is 0.323 e. The van der Waals surface area contributed by atoms with E-state index < -0.39 is 5.97 Å². The molecule has 0 spiro atoms. The number of fused-ring (bicyclic) bond motifs is 1. The summed E-state index contributed by atoms with van der Waals surface area (Å²) in [4.78, 5) is 27.8. The number of hydrogen-bond donors (Lipinski definition) is 2. The van der Waals surface area contributed by atoms with Crippen molar-refractivity contribution in [1.29, 1.82) is 0 Å². The molecule has 2 N–H and O–H groups in total. The Kier molecular flexibility index (Phi) is 6.95. The predicted octanol–water partition coefficient (Wildman–Crippen LogP) is 4.45. The van der Waals surface area contributed by atoms with E-state index in [0.717, 1.165) is 47.8 Å². The third kappa shape index (κ3) is 4.71. The summed E-state index contributed by atoms with van der Waals surface area (Å²) in [6.45, 7) is 1.76. The second-order valence-electron chi connectivity index (χ2n) is 7.88. The minimum absolute atomic E-state index is 0. The number of aromatic nitrogens is 2. The molecule has 1 amide bonds. The van der Waals surface area contributed by atoms with Crippen LogP contribution in [0.3, 0.4) is 0 Å². The topological polar surface area (TPSA) is 84.2 Å². The van der Waals surface area contributed by atoms with Crippen molar-refractivity contribution in [2.75, 3.05) is 0 Å². The van der Waals surface area contributed by atoms with Crippen LogP contribution in [0.5, 0.6) is 0 Å². The zero-order valence-electron chi connectivity index (χ0n) is 17.2. The molecule has 0 bridgehead atoms. The Morgan fingerprint density at radius 1 is 1.19 bits per heavy atom. The molecule has 4 rings (SSSR count). The number of carbonyl (C=O) groups is 2. The highest BCUT2D eigenvalue weighted by Crippen LogP contribution is 2.40. The molecule has 0 atom stereocenters. The van der Waals surface area contributed by atoms with E-state index in [1.807, 2.05) is 6.92 Å². The summed E-state index contributed by atoms with van der Waals surface area (Å²) >= 11 is 0. The van der Waals surface area contributed by atoms with Crippen LogP contribution in [0.1, 0.15) is 53.3 Å². The molecule has 0 radical (unpaired) electrons. The summed E-state index contributed by atoms with van der Waals surface area (Å²) in [7, 11) is 0. The maximum absolute atomic E-state index is 14.0. The van der Waals surface area contributed by atoms with Gasteiger partial charge in [0.05, 0.1) is 0 Å². The van der Waals surface area contributed by atoms with E-state index in [2.05, 4.69) is 10.3 Å². The number of rotatable bonds is 5. The SMILES string of the molecule is Cc1c(C2CCC(NC(=O)c3ccccn3)CC2)c2cc(F)ccc2n1CC(=O)O.Cl. The number of nitrogens with zero attached hydrogens (tertiary/aromatic N) is 2. The summed E-state index contributed by atoms with van der Waals surface area (Å²) in [5.41, 5.74) is 3.05. The van der Waals surface area contributed by atoms with Crippen molar-refractivity contribution in [3.63, 3.8) is 0 Å². The molecule has 0 aliphatic heterocycles. The van der Waals surface area contributed by atoms with Crippen molar-refractivity contribution in [2.24, 2.45) is 0 Å². The number of carboxylic acid groups (broad SMARTS) is 1. The fraction of sp³-hybridized carbons (Fsp3) is 0.348. The Labute approximate surface area is 185 Å². The Bertz CT molecular complexity index is 1090. The van der Waals surface area contributed by atoms with Gasteiger partial charge in [0.1, 0.15) is 18.1 Å². The fourth-order valence-electron chi connectivity index (χ4n) is 4.62. The first-order chi connectivity index (χ1) is 14.4. The lowest BCUT2D eigenvalue weighted by Crippen LogP contribution is -2.37. The normalized spacial score (nSPS) is 18.4. The van der Waals surface area contributed by atoms with Crippen molar-refractivity contribution < 1.29 is 19.1 Å². The number of carboxylic acids is 1. The molecule has 164 valence electrons. The summed E-state index contributed by atoms with van der Waals surface area (Å²) in [5.74, 6) is -1.22. The highest BCUT2D eigenvalue weighted by Gasteiger charge is 2.28. The predicted molar refractivity (Wildman–Crippen MR) is 118 cm³/mol. The van der Waals surface area contributed by atoms with Crippen LogP contribution in [0, 0.1) is 12.7 Å². The van der Waals surface area contributed by atoms with Gasteiger partial charge in [-0.2, -0.15) is 0 Å². The van der Waals surface area contributed by atoms with Gasteiger partial charge in [-0.3, -0.25) is 14.6 Å². The van der Waals surface area contributed by atoms with Gasteiger partial charge >= 0.3 is 5.97 Å². The van der Waals surface area contributed by atoms with Crippen LogP contribution in [0.4, 0.5) is 4.39 Å².